The number of hydrogen-bond acceptors (Lipinski definition) is 1. The largest absolute Gasteiger partial charge is 0.310 e. The summed E-state index contributed by atoms with van der Waals surface area (Å²) < 4.78 is 0. The molecule has 0 saturated heterocycles. The van der Waals surface area contributed by atoms with E-state index in [9.17, 15) is 0 Å². The normalized spacial score (nSPS) is 32.5. The van der Waals surface area contributed by atoms with Crippen LogP contribution in [0.25, 0.3) is 0 Å². The second-order valence-electron chi connectivity index (χ2n) is 5.35. The molecule has 0 aromatic carbocycles. The third kappa shape index (κ3) is 2.03. The maximum Gasteiger partial charge on any atom is 0.0126 e. The lowest BCUT2D eigenvalue weighted by atomic mass is 9.98. The minimum absolute atomic E-state index is 0.797. The number of nitrogens with one attached hydrogen (secondary N) is 1. The molecule has 3 aliphatic carbocycles. The molecular formula is C13H21N. The topological polar surface area (TPSA) is 12.0 Å². The number of rotatable bonds is 4. The highest BCUT2D eigenvalue weighted by Crippen LogP contribution is 2.44. The summed E-state index contributed by atoms with van der Waals surface area (Å²) in [4.78, 5) is 0. The molecule has 1 unspecified atom stereocenters. The summed E-state index contributed by atoms with van der Waals surface area (Å²) in [6, 6.07) is 1.69. The van der Waals surface area contributed by atoms with Crippen LogP contribution >= 0.6 is 0 Å². The highest BCUT2D eigenvalue weighted by Gasteiger charge is 2.41. The summed E-state index contributed by atoms with van der Waals surface area (Å²) in [6.45, 7) is 0. The van der Waals surface area contributed by atoms with Crippen LogP contribution < -0.4 is 5.32 Å². The van der Waals surface area contributed by atoms with Crippen molar-refractivity contribution in [3.05, 3.63) is 12.2 Å². The van der Waals surface area contributed by atoms with Gasteiger partial charge in [-0.2, -0.15) is 0 Å². The highest BCUT2D eigenvalue weighted by molar-refractivity contribution is 5.00. The van der Waals surface area contributed by atoms with Crippen LogP contribution in [0, 0.1) is 11.8 Å². The molecule has 78 valence electrons. The average Bonchev–Trinajstić information content (AvgIpc) is 3.08. The second-order valence-corrected chi connectivity index (χ2v) is 5.35. The van der Waals surface area contributed by atoms with Gasteiger partial charge in [-0.25, -0.2) is 0 Å². The van der Waals surface area contributed by atoms with Gasteiger partial charge in [0.15, 0.2) is 0 Å². The van der Waals surface area contributed by atoms with Crippen molar-refractivity contribution in [1.29, 1.82) is 0 Å². The first-order valence-corrected chi connectivity index (χ1v) is 6.34. The van der Waals surface area contributed by atoms with Gasteiger partial charge in [-0.05, 0) is 56.8 Å². The molecule has 1 heteroatoms. The summed E-state index contributed by atoms with van der Waals surface area (Å²) in [5, 5.41) is 3.93. The molecule has 3 aliphatic rings. The van der Waals surface area contributed by atoms with Crippen LogP contribution in [0.4, 0.5) is 0 Å². The van der Waals surface area contributed by atoms with Crippen LogP contribution in [0.3, 0.4) is 0 Å². The van der Waals surface area contributed by atoms with E-state index in [-0.39, 0.29) is 0 Å². The van der Waals surface area contributed by atoms with Crippen molar-refractivity contribution in [3.63, 3.8) is 0 Å². The van der Waals surface area contributed by atoms with E-state index in [1.165, 1.54) is 44.9 Å². The van der Waals surface area contributed by atoms with Crippen molar-refractivity contribution < 1.29 is 0 Å². The Morgan fingerprint density at radius 3 is 2.14 bits per heavy atom. The van der Waals surface area contributed by atoms with E-state index in [0.29, 0.717) is 0 Å². The van der Waals surface area contributed by atoms with Crippen molar-refractivity contribution in [2.75, 3.05) is 0 Å². The Kier molecular flexibility index (Phi) is 2.36. The van der Waals surface area contributed by atoms with Gasteiger partial charge in [0.2, 0.25) is 0 Å². The SMILES string of the molecule is C1=CCC(NC(C2CC2)C2CC2)CC1. The Balaban J connectivity index is 1.55. The zero-order valence-corrected chi connectivity index (χ0v) is 8.91. The smallest absolute Gasteiger partial charge is 0.0126 e. The Morgan fingerprint density at radius 1 is 0.929 bits per heavy atom. The minimum Gasteiger partial charge on any atom is -0.310 e. The lowest BCUT2D eigenvalue weighted by Gasteiger charge is -2.26. The van der Waals surface area contributed by atoms with Gasteiger partial charge < -0.3 is 5.32 Å². The predicted molar refractivity (Wildman–Crippen MR) is 59.2 cm³/mol. The van der Waals surface area contributed by atoms with Gasteiger partial charge in [-0.15, -0.1) is 0 Å². The molecule has 1 N–H and O–H groups in total. The summed E-state index contributed by atoms with van der Waals surface area (Å²) >= 11 is 0. The van der Waals surface area contributed by atoms with E-state index in [2.05, 4.69) is 17.5 Å². The van der Waals surface area contributed by atoms with E-state index in [4.69, 9.17) is 0 Å². The molecule has 2 fully saturated rings. The number of hydrogen-bond donors (Lipinski definition) is 1. The van der Waals surface area contributed by atoms with Crippen LogP contribution in [-0.2, 0) is 0 Å². The summed E-state index contributed by atoms with van der Waals surface area (Å²) in [7, 11) is 0. The van der Waals surface area contributed by atoms with Crippen molar-refractivity contribution in [2.24, 2.45) is 11.8 Å². The molecule has 0 amide bonds. The predicted octanol–water partition coefficient (Wildman–Crippen LogP) is 2.87. The zero-order chi connectivity index (χ0) is 9.38. The van der Waals surface area contributed by atoms with Gasteiger partial charge >= 0.3 is 0 Å². The third-order valence-electron chi connectivity index (χ3n) is 3.96. The molecule has 0 heterocycles. The van der Waals surface area contributed by atoms with Gasteiger partial charge in [0, 0.05) is 12.1 Å². The lowest BCUT2D eigenvalue weighted by Crippen LogP contribution is -2.41. The van der Waals surface area contributed by atoms with Gasteiger partial charge in [-0.1, -0.05) is 12.2 Å². The van der Waals surface area contributed by atoms with E-state index in [0.717, 1.165) is 23.9 Å². The Hall–Kier alpha value is -0.300. The fourth-order valence-electron chi connectivity index (χ4n) is 2.78. The van der Waals surface area contributed by atoms with Gasteiger partial charge in [-0.3, -0.25) is 0 Å². The second kappa shape index (κ2) is 3.69. The number of allylic oxidation sites excluding steroid dienone is 1. The van der Waals surface area contributed by atoms with Gasteiger partial charge in [0.05, 0.1) is 0 Å². The molecule has 3 rings (SSSR count). The fourth-order valence-corrected chi connectivity index (χ4v) is 2.78. The molecule has 0 spiro atoms. The van der Waals surface area contributed by atoms with Crippen LogP contribution in [-0.4, -0.2) is 12.1 Å². The van der Waals surface area contributed by atoms with Crippen molar-refractivity contribution in [2.45, 2.75) is 57.0 Å². The van der Waals surface area contributed by atoms with Crippen molar-refractivity contribution in [3.8, 4) is 0 Å². The van der Waals surface area contributed by atoms with E-state index in [1.54, 1.807) is 0 Å². The quantitative estimate of drug-likeness (QED) is 0.674. The molecule has 14 heavy (non-hydrogen) atoms. The first kappa shape index (κ1) is 8.96. The maximum absolute atomic E-state index is 3.93. The zero-order valence-electron chi connectivity index (χ0n) is 8.91. The Morgan fingerprint density at radius 2 is 1.64 bits per heavy atom. The summed E-state index contributed by atoms with van der Waals surface area (Å²) in [5.41, 5.74) is 0. The summed E-state index contributed by atoms with van der Waals surface area (Å²) in [5.74, 6) is 2.10. The van der Waals surface area contributed by atoms with E-state index in [1.807, 2.05) is 0 Å². The standard InChI is InChI=1S/C13H21N/c1-2-4-12(5-3-1)14-13(10-6-7-10)11-8-9-11/h1-2,10-14H,3-9H2. The molecule has 0 aromatic heterocycles. The first-order chi connectivity index (χ1) is 6.93. The molecule has 0 aliphatic heterocycles. The molecular weight excluding hydrogens is 170 g/mol. The average molecular weight is 191 g/mol. The molecule has 2 saturated carbocycles. The fraction of sp³-hybridized carbons (Fsp3) is 0.846. The van der Waals surface area contributed by atoms with Crippen LogP contribution in [0.5, 0.6) is 0 Å². The van der Waals surface area contributed by atoms with E-state index < -0.39 is 0 Å². The van der Waals surface area contributed by atoms with Crippen molar-refractivity contribution >= 4 is 0 Å². The molecule has 1 atom stereocenters. The molecule has 0 aromatic rings. The molecule has 0 radical (unpaired) electrons. The van der Waals surface area contributed by atoms with Crippen molar-refractivity contribution in [1.82, 2.24) is 5.32 Å². The molecule has 1 nitrogen and oxygen atoms in total. The van der Waals surface area contributed by atoms with Gasteiger partial charge in [0.25, 0.3) is 0 Å². The monoisotopic (exact) mass is 191 g/mol. The maximum atomic E-state index is 3.93. The van der Waals surface area contributed by atoms with Gasteiger partial charge in [0.1, 0.15) is 0 Å². The third-order valence-corrected chi connectivity index (χ3v) is 3.96. The van der Waals surface area contributed by atoms with E-state index >= 15 is 0 Å². The molecule has 0 bridgehead atoms. The Bertz CT molecular complexity index is 213. The lowest BCUT2D eigenvalue weighted by molar-refractivity contribution is 0.346. The highest BCUT2D eigenvalue weighted by atomic mass is 15.0. The Labute approximate surface area is 87.0 Å². The minimum atomic E-state index is 0.797. The van der Waals surface area contributed by atoms with Crippen LogP contribution in [0.1, 0.15) is 44.9 Å². The first-order valence-electron chi connectivity index (χ1n) is 6.34. The summed E-state index contributed by atoms with van der Waals surface area (Å²) in [6.07, 6.45) is 14.6. The van der Waals surface area contributed by atoms with Crippen LogP contribution in [0.2, 0.25) is 0 Å². The van der Waals surface area contributed by atoms with Crippen LogP contribution in [0.15, 0.2) is 12.2 Å².